The fourth-order valence-corrected chi connectivity index (χ4v) is 3.20. The Morgan fingerprint density at radius 3 is 3.04 bits per heavy atom. The quantitative estimate of drug-likeness (QED) is 0.728. The van der Waals surface area contributed by atoms with E-state index in [1.807, 2.05) is 16.3 Å². The Kier molecular flexibility index (Phi) is 3.85. The lowest BCUT2D eigenvalue weighted by Crippen LogP contribution is -2.38. The first-order valence-corrected chi connectivity index (χ1v) is 7.96. The van der Waals surface area contributed by atoms with Gasteiger partial charge in [-0.25, -0.2) is 4.98 Å². The lowest BCUT2D eigenvalue weighted by Gasteiger charge is -2.20. The molecule has 4 rings (SSSR count). The monoisotopic (exact) mass is 365 g/mol. The molecule has 1 amide bonds. The number of hydrogen-bond donors (Lipinski definition) is 2. The van der Waals surface area contributed by atoms with Crippen molar-refractivity contribution in [2.45, 2.75) is 12.6 Å². The molecule has 3 aromatic rings. The summed E-state index contributed by atoms with van der Waals surface area (Å²) in [5.74, 6) is -1.11. The van der Waals surface area contributed by atoms with Crippen LogP contribution in [-0.4, -0.2) is 57.1 Å². The average molecular weight is 365 g/mol. The second-order valence-electron chi connectivity index (χ2n) is 6.13. The number of carbonyl (C=O) groups is 1. The summed E-state index contributed by atoms with van der Waals surface area (Å²) >= 11 is 0. The molecule has 1 aliphatic rings. The summed E-state index contributed by atoms with van der Waals surface area (Å²) < 4.78 is 36.8. The van der Waals surface area contributed by atoms with E-state index in [0.717, 1.165) is 16.5 Å². The standard InChI is InChI=1S/C15H14F3N7O/c16-15(17,18)7-20-14(26)8-2-4-25(6-8)10-5-21-22-13-11(10)9-1-3-19-12(9)23-24-13/h1,3,5,8H,2,4,6-7H2,(H,20,26)(H,22,24). The Morgan fingerprint density at radius 1 is 1.38 bits per heavy atom. The van der Waals surface area contributed by atoms with Crippen LogP contribution in [0.1, 0.15) is 6.42 Å². The van der Waals surface area contributed by atoms with E-state index in [1.165, 1.54) is 0 Å². The third kappa shape index (κ3) is 3.00. The molecule has 0 spiro atoms. The van der Waals surface area contributed by atoms with Crippen molar-refractivity contribution in [3.8, 4) is 0 Å². The molecule has 0 bridgehead atoms. The van der Waals surface area contributed by atoms with Gasteiger partial charge in [-0.2, -0.15) is 18.3 Å². The van der Waals surface area contributed by atoms with E-state index in [4.69, 9.17) is 0 Å². The lowest BCUT2D eigenvalue weighted by atomic mass is 10.1. The van der Waals surface area contributed by atoms with Crippen molar-refractivity contribution < 1.29 is 18.0 Å². The molecule has 1 aliphatic heterocycles. The number of nitrogens with zero attached hydrogens (tertiary/aromatic N) is 5. The molecule has 136 valence electrons. The van der Waals surface area contributed by atoms with Gasteiger partial charge in [0.1, 0.15) is 6.54 Å². The van der Waals surface area contributed by atoms with Crippen LogP contribution in [0.3, 0.4) is 0 Å². The van der Waals surface area contributed by atoms with E-state index in [-0.39, 0.29) is 0 Å². The van der Waals surface area contributed by atoms with Gasteiger partial charge in [-0.15, -0.1) is 10.2 Å². The summed E-state index contributed by atoms with van der Waals surface area (Å²) in [5, 5.41) is 18.4. The molecule has 26 heavy (non-hydrogen) atoms. The summed E-state index contributed by atoms with van der Waals surface area (Å²) in [5.41, 5.74) is 1.72. The minimum absolute atomic E-state index is 0.308. The number of aromatic amines is 1. The first-order valence-electron chi connectivity index (χ1n) is 7.96. The SMILES string of the molecule is O=C(NCC(F)(F)F)C1CCN(c2cn[nH]c3nnc4nccc4c23)C1. The maximum absolute atomic E-state index is 12.3. The normalized spacial score (nSPS) is 18.0. The fraction of sp³-hybridized carbons (Fsp3) is 0.400. The minimum Gasteiger partial charge on any atom is -0.369 e. The van der Waals surface area contributed by atoms with Crippen molar-refractivity contribution in [3.05, 3.63) is 18.5 Å². The van der Waals surface area contributed by atoms with Crippen LogP contribution in [0.25, 0.3) is 22.1 Å². The molecule has 4 heterocycles. The summed E-state index contributed by atoms with van der Waals surface area (Å²) in [6.45, 7) is -0.478. The van der Waals surface area contributed by atoms with E-state index in [0.29, 0.717) is 30.8 Å². The summed E-state index contributed by atoms with van der Waals surface area (Å²) in [6.07, 6.45) is -0.712. The fourth-order valence-electron chi connectivity index (χ4n) is 3.20. The van der Waals surface area contributed by atoms with Crippen LogP contribution in [0.2, 0.25) is 0 Å². The number of fused-ring (bicyclic) bond motifs is 3. The first-order chi connectivity index (χ1) is 12.4. The molecule has 0 aromatic carbocycles. The molecule has 0 saturated carbocycles. The van der Waals surface area contributed by atoms with Gasteiger partial charge >= 0.3 is 6.18 Å². The van der Waals surface area contributed by atoms with Crippen LogP contribution in [0.15, 0.2) is 18.5 Å². The number of carbonyl (C=O) groups excluding carboxylic acids is 1. The molecule has 8 nitrogen and oxygen atoms in total. The number of anilines is 1. The van der Waals surface area contributed by atoms with Crippen molar-refractivity contribution in [3.63, 3.8) is 0 Å². The van der Waals surface area contributed by atoms with Gasteiger partial charge in [0, 0.05) is 24.7 Å². The third-order valence-corrected chi connectivity index (χ3v) is 4.41. The van der Waals surface area contributed by atoms with Crippen molar-refractivity contribution in [1.29, 1.82) is 0 Å². The highest BCUT2D eigenvalue weighted by Gasteiger charge is 2.33. The minimum atomic E-state index is -4.42. The molecule has 1 atom stereocenters. The number of halogens is 3. The maximum atomic E-state index is 12.3. The molecule has 1 saturated heterocycles. The number of alkyl halides is 3. The predicted molar refractivity (Wildman–Crippen MR) is 86.4 cm³/mol. The number of amides is 1. The number of hydrogen-bond acceptors (Lipinski definition) is 6. The average Bonchev–Trinajstić information content (AvgIpc) is 3.27. The molecule has 2 N–H and O–H groups in total. The number of aromatic nitrogens is 5. The van der Waals surface area contributed by atoms with E-state index < -0.39 is 24.5 Å². The van der Waals surface area contributed by atoms with E-state index in [2.05, 4.69) is 25.4 Å². The van der Waals surface area contributed by atoms with E-state index >= 15 is 0 Å². The van der Waals surface area contributed by atoms with Crippen LogP contribution in [-0.2, 0) is 4.79 Å². The Bertz CT molecular complexity index is 971. The molecular weight excluding hydrogens is 351 g/mol. The zero-order chi connectivity index (χ0) is 18.3. The van der Waals surface area contributed by atoms with Crippen molar-refractivity contribution in [1.82, 2.24) is 30.7 Å². The van der Waals surface area contributed by atoms with Crippen LogP contribution < -0.4 is 10.2 Å². The molecule has 11 heteroatoms. The molecule has 0 aliphatic carbocycles. The molecular formula is C15H14F3N7O. The zero-order valence-corrected chi connectivity index (χ0v) is 13.4. The van der Waals surface area contributed by atoms with Gasteiger partial charge < -0.3 is 10.2 Å². The summed E-state index contributed by atoms with van der Waals surface area (Å²) in [6, 6.07) is 1.81. The number of H-pyrrole nitrogens is 1. The lowest BCUT2D eigenvalue weighted by molar-refractivity contribution is -0.140. The Hall–Kier alpha value is -2.98. The molecule has 1 fully saturated rings. The van der Waals surface area contributed by atoms with Gasteiger partial charge in [-0.1, -0.05) is 0 Å². The van der Waals surface area contributed by atoms with Crippen LogP contribution in [0.4, 0.5) is 18.9 Å². The smallest absolute Gasteiger partial charge is 0.369 e. The van der Waals surface area contributed by atoms with Gasteiger partial charge in [-0.3, -0.25) is 9.89 Å². The van der Waals surface area contributed by atoms with Crippen molar-refractivity contribution in [2.24, 2.45) is 5.92 Å². The highest BCUT2D eigenvalue weighted by Crippen LogP contribution is 2.32. The van der Waals surface area contributed by atoms with Crippen LogP contribution in [0.5, 0.6) is 0 Å². The van der Waals surface area contributed by atoms with Gasteiger partial charge in [0.25, 0.3) is 0 Å². The number of nitrogens with one attached hydrogen (secondary N) is 2. The second kappa shape index (κ2) is 6.07. The molecule has 1 unspecified atom stereocenters. The second-order valence-corrected chi connectivity index (χ2v) is 6.13. The third-order valence-electron chi connectivity index (χ3n) is 4.41. The highest BCUT2D eigenvalue weighted by atomic mass is 19.4. The summed E-state index contributed by atoms with van der Waals surface area (Å²) in [7, 11) is 0. The maximum Gasteiger partial charge on any atom is 0.405 e. The predicted octanol–water partition coefficient (Wildman–Crippen LogP) is 1.41. The Morgan fingerprint density at radius 2 is 2.23 bits per heavy atom. The molecule has 0 radical (unpaired) electrons. The first kappa shape index (κ1) is 16.5. The van der Waals surface area contributed by atoms with Gasteiger partial charge in [0.15, 0.2) is 11.3 Å². The van der Waals surface area contributed by atoms with E-state index in [1.54, 1.807) is 12.4 Å². The van der Waals surface area contributed by atoms with Gasteiger partial charge in [0.2, 0.25) is 5.91 Å². The largest absolute Gasteiger partial charge is 0.405 e. The summed E-state index contributed by atoms with van der Waals surface area (Å²) in [4.78, 5) is 18.1. The van der Waals surface area contributed by atoms with Crippen molar-refractivity contribution in [2.75, 3.05) is 24.5 Å². The van der Waals surface area contributed by atoms with E-state index in [9.17, 15) is 18.0 Å². The van der Waals surface area contributed by atoms with Crippen LogP contribution in [0, 0.1) is 5.92 Å². The number of rotatable bonds is 3. The Labute approximate surface area is 144 Å². The highest BCUT2D eigenvalue weighted by molar-refractivity contribution is 6.08. The van der Waals surface area contributed by atoms with Gasteiger partial charge in [0.05, 0.1) is 23.2 Å². The van der Waals surface area contributed by atoms with Crippen LogP contribution >= 0.6 is 0 Å². The van der Waals surface area contributed by atoms with Gasteiger partial charge in [-0.05, 0) is 12.5 Å². The zero-order valence-electron chi connectivity index (χ0n) is 13.4. The Balaban J connectivity index is 1.59. The molecule has 3 aromatic heterocycles. The topological polar surface area (TPSA) is 99.7 Å². The van der Waals surface area contributed by atoms with Crippen molar-refractivity contribution >= 4 is 33.7 Å².